The Kier molecular flexibility index (Phi) is 4.97. The molecule has 0 radical (unpaired) electrons. The molecule has 20 heavy (non-hydrogen) atoms. The fraction of sp³-hybridized carbons (Fsp3) is 1.00. The molecule has 2 rings (SSSR count). The molecular weight excluding hydrogens is 267 g/mol. The predicted molar refractivity (Wildman–Crippen MR) is 73.5 cm³/mol. The van der Waals surface area contributed by atoms with Crippen LogP contribution < -0.4 is 5.73 Å². The maximum Gasteiger partial charge on any atom is 0.401 e. The first-order chi connectivity index (χ1) is 9.35. The van der Waals surface area contributed by atoms with Crippen molar-refractivity contribution in [3.05, 3.63) is 0 Å². The monoisotopic (exact) mass is 293 g/mol. The van der Waals surface area contributed by atoms with Gasteiger partial charge < -0.3 is 5.73 Å². The minimum atomic E-state index is -4.09. The summed E-state index contributed by atoms with van der Waals surface area (Å²) in [4.78, 5) is 3.86. The molecule has 0 atom stereocenters. The summed E-state index contributed by atoms with van der Waals surface area (Å²) >= 11 is 0. The zero-order chi connectivity index (χ0) is 14.8. The van der Waals surface area contributed by atoms with E-state index in [9.17, 15) is 13.2 Å². The van der Waals surface area contributed by atoms with Crippen LogP contribution in [0.1, 0.15) is 32.6 Å². The SMILES string of the molecule is CC1CCC(CN)(N2CCN(CC(F)(F)F)CC2)CC1. The summed E-state index contributed by atoms with van der Waals surface area (Å²) in [6.45, 7) is 4.52. The van der Waals surface area contributed by atoms with E-state index in [-0.39, 0.29) is 5.54 Å². The minimum Gasteiger partial charge on any atom is -0.329 e. The molecule has 6 heteroatoms. The van der Waals surface area contributed by atoms with E-state index in [4.69, 9.17) is 5.73 Å². The minimum absolute atomic E-state index is 0.0385. The number of rotatable bonds is 3. The Morgan fingerprint density at radius 2 is 1.65 bits per heavy atom. The van der Waals surface area contributed by atoms with Crippen LogP contribution in [0.25, 0.3) is 0 Å². The molecule has 2 fully saturated rings. The fourth-order valence-electron chi connectivity index (χ4n) is 3.58. The fourth-order valence-corrected chi connectivity index (χ4v) is 3.58. The van der Waals surface area contributed by atoms with E-state index in [0.717, 1.165) is 18.8 Å². The number of hydrogen-bond donors (Lipinski definition) is 1. The van der Waals surface area contributed by atoms with Gasteiger partial charge in [0.25, 0.3) is 0 Å². The van der Waals surface area contributed by atoms with Crippen molar-refractivity contribution in [2.75, 3.05) is 39.3 Å². The highest BCUT2D eigenvalue weighted by Gasteiger charge is 2.40. The smallest absolute Gasteiger partial charge is 0.329 e. The second-order valence-electron chi connectivity index (χ2n) is 6.49. The average Bonchev–Trinajstić information content (AvgIpc) is 2.39. The molecule has 0 amide bonds. The average molecular weight is 293 g/mol. The lowest BCUT2D eigenvalue weighted by atomic mass is 9.75. The Labute approximate surface area is 119 Å². The summed E-state index contributed by atoms with van der Waals surface area (Å²) in [6, 6.07) is 0. The van der Waals surface area contributed by atoms with Crippen LogP contribution in [0.3, 0.4) is 0 Å². The van der Waals surface area contributed by atoms with Crippen LogP contribution in [0.15, 0.2) is 0 Å². The molecule has 1 saturated heterocycles. The topological polar surface area (TPSA) is 32.5 Å². The highest BCUT2D eigenvalue weighted by Crippen LogP contribution is 2.36. The first kappa shape index (κ1) is 16.0. The molecule has 0 aromatic carbocycles. The Morgan fingerprint density at radius 3 is 2.10 bits per heavy atom. The van der Waals surface area contributed by atoms with Gasteiger partial charge in [-0.3, -0.25) is 9.80 Å². The van der Waals surface area contributed by atoms with Crippen LogP contribution in [0, 0.1) is 5.92 Å². The molecule has 3 nitrogen and oxygen atoms in total. The van der Waals surface area contributed by atoms with E-state index < -0.39 is 12.7 Å². The van der Waals surface area contributed by atoms with Crippen LogP contribution in [0.5, 0.6) is 0 Å². The van der Waals surface area contributed by atoms with Gasteiger partial charge in [-0.15, -0.1) is 0 Å². The zero-order valence-corrected chi connectivity index (χ0v) is 12.3. The molecule has 0 aromatic heterocycles. The maximum atomic E-state index is 12.4. The molecule has 1 aliphatic carbocycles. The molecule has 2 aliphatic rings. The van der Waals surface area contributed by atoms with Crippen LogP contribution in [0.2, 0.25) is 0 Å². The third kappa shape index (κ3) is 3.86. The van der Waals surface area contributed by atoms with E-state index in [1.807, 2.05) is 0 Å². The predicted octanol–water partition coefficient (Wildman–Crippen LogP) is 2.07. The van der Waals surface area contributed by atoms with Crippen molar-refractivity contribution in [3.63, 3.8) is 0 Å². The number of piperazine rings is 1. The van der Waals surface area contributed by atoms with Crippen LogP contribution >= 0.6 is 0 Å². The summed E-state index contributed by atoms with van der Waals surface area (Å²) in [6.07, 6.45) is 0.446. The number of halogens is 3. The van der Waals surface area contributed by atoms with Crippen molar-refractivity contribution in [2.24, 2.45) is 11.7 Å². The lowest BCUT2D eigenvalue weighted by Gasteiger charge is -2.50. The molecule has 2 N–H and O–H groups in total. The molecule has 1 saturated carbocycles. The first-order valence-electron chi connectivity index (χ1n) is 7.59. The van der Waals surface area contributed by atoms with Gasteiger partial charge in [0.1, 0.15) is 0 Å². The lowest BCUT2D eigenvalue weighted by molar-refractivity contribution is -0.151. The summed E-state index contributed by atoms with van der Waals surface area (Å²) < 4.78 is 37.2. The molecule has 1 aliphatic heterocycles. The summed E-state index contributed by atoms with van der Waals surface area (Å²) in [7, 11) is 0. The summed E-state index contributed by atoms with van der Waals surface area (Å²) in [5.41, 5.74) is 6.05. The third-order valence-electron chi connectivity index (χ3n) is 5.03. The maximum absolute atomic E-state index is 12.4. The normalized spacial score (nSPS) is 34.4. The number of hydrogen-bond acceptors (Lipinski definition) is 3. The Bertz CT molecular complexity index is 303. The second kappa shape index (κ2) is 6.20. The molecule has 0 unspecified atom stereocenters. The van der Waals surface area contributed by atoms with Gasteiger partial charge in [0.05, 0.1) is 6.54 Å². The number of alkyl halides is 3. The van der Waals surface area contributed by atoms with E-state index in [0.29, 0.717) is 32.7 Å². The van der Waals surface area contributed by atoms with Crippen LogP contribution in [0.4, 0.5) is 13.2 Å². The quantitative estimate of drug-likeness (QED) is 0.864. The Hall–Kier alpha value is -0.330. The van der Waals surface area contributed by atoms with Gasteiger partial charge in [-0.1, -0.05) is 6.92 Å². The van der Waals surface area contributed by atoms with Gasteiger partial charge in [0, 0.05) is 38.3 Å². The van der Waals surface area contributed by atoms with Gasteiger partial charge in [0.15, 0.2) is 0 Å². The van der Waals surface area contributed by atoms with Gasteiger partial charge in [0.2, 0.25) is 0 Å². The molecule has 118 valence electrons. The van der Waals surface area contributed by atoms with Crippen molar-refractivity contribution < 1.29 is 13.2 Å². The Balaban J connectivity index is 1.89. The van der Waals surface area contributed by atoms with Crippen molar-refractivity contribution in [1.82, 2.24) is 9.80 Å². The number of nitrogens with zero attached hydrogens (tertiary/aromatic N) is 2. The van der Waals surface area contributed by atoms with E-state index in [1.165, 1.54) is 17.7 Å². The van der Waals surface area contributed by atoms with Gasteiger partial charge in [-0.2, -0.15) is 13.2 Å². The molecule has 0 bridgehead atoms. The molecular formula is C14H26F3N3. The van der Waals surface area contributed by atoms with E-state index >= 15 is 0 Å². The largest absolute Gasteiger partial charge is 0.401 e. The summed E-state index contributed by atoms with van der Waals surface area (Å²) in [5.74, 6) is 0.751. The highest BCUT2D eigenvalue weighted by molar-refractivity contribution is 4.97. The van der Waals surface area contributed by atoms with E-state index in [2.05, 4.69) is 11.8 Å². The molecule has 0 spiro atoms. The van der Waals surface area contributed by atoms with Gasteiger partial charge in [-0.05, 0) is 31.6 Å². The van der Waals surface area contributed by atoms with Crippen molar-refractivity contribution in [3.8, 4) is 0 Å². The molecule has 1 heterocycles. The third-order valence-corrected chi connectivity index (χ3v) is 5.03. The summed E-state index contributed by atoms with van der Waals surface area (Å²) in [5, 5.41) is 0. The van der Waals surface area contributed by atoms with Crippen molar-refractivity contribution in [2.45, 2.75) is 44.3 Å². The highest BCUT2D eigenvalue weighted by atomic mass is 19.4. The first-order valence-corrected chi connectivity index (χ1v) is 7.59. The standard InChI is InChI=1S/C14H26F3N3/c1-12-2-4-13(10-18,5-3-12)20-8-6-19(7-9-20)11-14(15,16)17/h12H,2-11,18H2,1H3. The number of nitrogens with two attached hydrogens (primary N) is 1. The lowest BCUT2D eigenvalue weighted by Crippen LogP contribution is -2.61. The second-order valence-corrected chi connectivity index (χ2v) is 6.49. The van der Waals surface area contributed by atoms with Crippen LogP contribution in [-0.2, 0) is 0 Å². The van der Waals surface area contributed by atoms with Gasteiger partial charge >= 0.3 is 6.18 Å². The van der Waals surface area contributed by atoms with E-state index in [1.54, 1.807) is 0 Å². The van der Waals surface area contributed by atoms with Crippen molar-refractivity contribution in [1.29, 1.82) is 0 Å². The van der Waals surface area contributed by atoms with Crippen molar-refractivity contribution >= 4 is 0 Å². The Morgan fingerprint density at radius 1 is 1.10 bits per heavy atom. The zero-order valence-electron chi connectivity index (χ0n) is 12.3. The van der Waals surface area contributed by atoms with Gasteiger partial charge in [-0.25, -0.2) is 0 Å². The van der Waals surface area contributed by atoms with Crippen LogP contribution in [-0.4, -0.2) is 60.8 Å². The molecule has 0 aromatic rings.